The molecule has 0 saturated carbocycles. The van der Waals surface area contributed by atoms with Crippen LogP contribution in [0.2, 0.25) is 0 Å². The molecule has 8 nitrogen and oxygen atoms in total. The molecule has 0 aliphatic rings. The van der Waals surface area contributed by atoms with Gasteiger partial charge in [0.1, 0.15) is 11.5 Å². The second kappa shape index (κ2) is 12.4. The van der Waals surface area contributed by atoms with Crippen LogP contribution in [0.25, 0.3) is 11.3 Å². The van der Waals surface area contributed by atoms with Gasteiger partial charge in [-0.05, 0) is 44.7 Å². The smallest absolute Gasteiger partial charge is 0.417 e. The van der Waals surface area contributed by atoms with Crippen LogP contribution in [0, 0.1) is 18.6 Å². The molecule has 39 heavy (non-hydrogen) atoms. The van der Waals surface area contributed by atoms with Gasteiger partial charge in [-0.2, -0.15) is 18.3 Å². The number of aromatic nitrogens is 3. The molecule has 0 aliphatic heterocycles. The van der Waals surface area contributed by atoms with Crippen molar-refractivity contribution in [2.24, 2.45) is 12.0 Å². The number of hydrogen-bond donors (Lipinski definition) is 3. The van der Waals surface area contributed by atoms with Crippen LogP contribution in [0.4, 0.5) is 33.3 Å². The number of aryl methyl sites for hydroxylation is 1. The minimum atomic E-state index is -5.01. The van der Waals surface area contributed by atoms with Crippen molar-refractivity contribution in [3.63, 3.8) is 0 Å². The predicted molar refractivity (Wildman–Crippen MR) is 141 cm³/mol. The molecular formula is C26H32F5N7O. The van der Waals surface area contributed by atoms with Gasteiger partial charge in [0.2, 0.25) is 5.88 Å². The van der Waals surface area contributed by atoms with Crippen molar-refractivity contribution < 1.29 is 26.7 Å². The Morgan fingerprint density at radius 2 is 1.95 bits per heavy atom. The van der Waals surface area contributed by atoms with Crippen molar-refractivity contribution in [3.8, 4) is 17.1 Å². The number of nitrogens with one attached hydrogen (secondary N) is 2. The molecule has 1 unspecified atom stereocenters. The second-order valence-electron chi connectivity index (χ2n) is 9.05. The maximum Gasteiger partial charge on any atom is 0.417 e. The quantitative estimate of drug-likeness (QED) is 0.123. The second-order valence-corrected chi connectivity index (χ2v) is 9.05. The molecule has 2 heterocycles. The van der Waals surface area contributed by atoms with Crippen LogP contribution in [0.5, 0.6) is 5.88 Å². The van der Waals surface area contributed by atoms with E-state index in [2.05, 4.69) is 32.4 Å². The Bertz CT molecular complexity index is 1320. The molecule has 212 valence electrons. The number of nitrogens with two attached hydrogens (primary N) is 1. The average Bonchev–Trinajstić information content (AvgIpc) is 3.29. The predicted octanol–water partition coefficient (Wildman–Crippen LogP) is 5.25. The van der Waals surface area contributed by atoms with E-state index in [1.165, 1.54) is 0 Å². The van der Waals surface area contributed by atoms with Crippen molar-refractivity contribution in [1.82, 2.24) is 20.1 Å². The van der Waals surface area contributed by atoms with Gasteiger partial charge in [-0.15, -0.1) is 0 Å². The summed E-state index contributed by atoms with van der Waals surface area (Å²) < 4.78 is 80.7. The topological polar surface area (TPSA) is 102 Å². The number of pyridine rings is 1. The van der Waals surface area contributed by atoms with E-state index in [1.54, 1.807) is 30.9 Å². The standard InChI is InChI=1S/C26H32F5N7O/c1-6-14(2)39-25-18(13-34-9-8-33-4)23(35-12-16-7-10-38(5)37-16)22(28)24(36-25)17-11-19(32)21(27)15(3)20(17)26(29,30)31/h7,10-11,14,34H,4,6,8-9,12-13,32H2,1-3,5H3,(H,35,36). The first kappa shape index (κ1) is 29.8. The average molecular weight is 554 g/mol. The van der Waals surface area contributed by atoms with Gasteiger partial charge in [0.05, 0.1) is 47.4 Å². The zero-order chi connectivity index (χ0) is 28.9. The largest absolute Gasteiger partial charge is 0.474 e. The summed E-state index contributed by atoms with van der Waals surface area (Å²) in [6.07, 6.45) is -3.16. The Morgan fingerprint density at radius 3 is 2.54 bits per heavy atom. The van der Waals surface area contributed by atoms with Crippen LogP contribution in [-0.4, -0.2) is 40.7 Å². The Morgan fingerprint density at radius 1 is 1.23 bits per heavy atom. The van der Waals surface area contributed by atoms with Gasteiger partial charge in [-0.3, -0.25) is 9.67 Å². The summed E-state index contributed by atoms with van der Waals surface area (Å²) in [6.45, 7) is 8.89. The third-order valence-electron chi connectivity index (χ3n) is 6.12. The van der Waals surface area contributed by atoms with Gasteiger partial charge in [-0.1, -0.05) is 6.92 Å². The van der Waals surface area contributed by atoms with Crippen LogP contribution in [0.3, 0.4) is 0 Å². The molecule has 3 rings (SSSR count). The monoisotopic (exact) mass is 553 g/mol. The van der Waals surface area contributed by atoms with Crippen molar-refractivity contribution in [1.29, 1.82) is 0 Å². The lowest BCUT2D eigenvalue weighted by atomic mass is 9.95. The Labute approximate surface area is 223 Å². The van der Waals surface area contributed by atoms with Crippen LogP contribution >= 0.6 is 0 Å². The van der Waals surface area contributed by atoms with Gasteiger partial charge >= 0.3 is 6.18 Å². The first-order valence-electron chi connectivity index (χ1n) is 12.3. The summed E-state index contributed by atoms with van der Waals surface area (Å²) >= 11 is 0. The summed E-state index contributed by atoms with van der Waals surface area (Å²) in [7, 11) is 1.72. The number of anilines is 2. The number of aliphatic imine (C=N–C) groups is 1. The zero-order valence-electron chi connectivity index (χ0n) is 22.2. The zero-order valence-corrected chi connectivity index (χ0v) is 22.2. The number of nitrogen functional groups attached to an aromatic ring is 1. The molecule has 0 bridgehead atoms. The molecule has 1 atom stereocenters. The molecule has 3 aromatic rings. The lowest BCUT2D eigenvalue weighted by molar-refractivity contribution is -0.137. The molecule has 0 saturated heterocycles. The number of hydrogen-bond acceptors (Lipinski definition) is 7. The highest BCUT2D eigenvalue weighted by atomic mass is 19.4. The molecular weight excluding hydrogens is 521 g/mol. The number of halogens is 5. The molecule has 0 amide bonds. The summed E-state index contributed by atoms with van der Waals surface area (Å²) in [4.78, 5) is 8.00. The first-order chi connectivity index (χ1) is 18.4. The lowest BCUT2D eigenvalue weighted by Crippen LogP contribution is -2.22. The number of alkyl halides is 3. The number of nitrogens with zero attached hydrogens (tertiary/aromatic N) is 4. The van der Waals surface area contributed by atoms with E-state index in [4.69, 9.17) is 10.5 Å². The number of ether oxygens (including phenoxy) is 1. The van der Waals surface area contributed by atoms with Gasteiger partial charge in [0.25, 0.3) is 0 Å². The van der Waals surface area contributed by atoms with Gasteiger partial charge < -0.3 is 21.1 Å². The molecule has 0 radical (unpaired) electrons. The van der Waals surface area contributed by atoms with Crippen molar-refractivity contribution in [3.05, 3.63) is 52.3 Å². The maximum atomic E-state index is 16.3. The van der Waals surface area contributed by atoms with E-state index in [9.17, 15) is 17.6 Å². The lowest BCUT2D eigenvalue weighted by Gasteiger charge is -2.23. The van der Waals surface area contributed by atoms with Gasteiger partial charge in [-0.25, -0.2) is 13.8 Å². The molecule has 2 aromatic heterocycles. The van der Waals surface area contributed by atoms with Crippen molar-refractivity contribution in [2.75, 3.05) is 24.1 Å². The van der Waals surface area contributed by atoms with Gasteiger partial charge in [0.15, 0.2) is 5.82 Å². The van der Waals surface area contributed by atoms with Crippen molar-refractivity contribution in [2.45, 2.75) is 52.6 Å². The molecule has 0 aliphatic carbocycles. The number of rotatable bonds is 12. The third kappa shape index (κ3) is 6.83. The highest BCUT2D eigenvalue weighted by Crippen LogP contribution is 2.44. The van der Waals surface area contributed by atoms with E-state index >= 15 is 4.39 Å². The van der Waals surface area contributed by atoms with E-state index < -0.39 is 52.0 Å². The summed E-state index contributed by atoms with van der Waals surface area (Å²) in [5.41, 5.74) is 2.33. The number of benzene rings is 1. The summed E-state index contributed by atoms with van der Waals surface area (Å²) in [5.74, 6) is -2.37. The Hall–Kier alpha value is -3.74. The fraction of sp³-hybridized carbons (Fsp3) is 0.423. The van der Waals surface area contributed by atoms with E-state index in [1.807, 2.05) is 6.92 Å². The molecule has 1 aromatic carbocycles. The highest BCUT2D eigenvalue weighted by molar-refractivity contribution is 5.76. The van der Waals surface area contributed by atoms with Crippen LogP contribution < -0.4 is 21.1 Å². The fourth-order valence-electron chi connectivity index (χ4n) is 3.95. The summed E-state index contributed by atoms with van der Waals surface area (Å²) in [6, 6.07) is 2.46. The van der Waals surface area contributed by atoms with Crippen molar-refractivity contribution >= 4 is 18.1 Å². The molecule has 0 fully saturated rings. The Kier molecular flexibility index (Phi) is 9.49. The molecule has 4 N–H and O–H groups in total. The van der Waals surface area contributed by atoms with Crippen LogP contribution in [-0.2, 0) is 26.3 Å². The highest BCUT2D eigenvalue weighted by Gasteiger charge is 2.39. The maximum absolute atomic E-state index is 16.3. The normalized spacial score (nSPS) is 12.4. The van der Waals surface area contributed by atoms with Crippen LogP contribution in [0.1, 0.15) is 42.7 Å². The first-order valence-corrected chi connectivity index (χ1v) is 12.3. The van der Waals surface area contributed by atoms with E-state index in [0.29, 0.717) is 25.2 Å². The summed E-state index contributed by atoms with van der Waals surface area (Å²) in [5, 5.41) is 10.3. The molecule has 0 spiro atoms. The van der Waals surface area contributed by atoms with Crippen LogP contribution in [0.15, 0.2) is 23.3 Å². The Balaban J connectivity index is 2.29. The molecule has 13 heteroatoms. The fourth-order valence-corrected chi connectivity index (χ4v) is 3.95. The van der Waals surface area contributed by atoms with E-state index in [0.717, 1.165) is 13.0 Å². The minimum Gasteiger partial charge on any atom is -0.474 e. The third-order valence-corrected chi connectivity index (χ3v) is 6.12. The van der Waals surface area contributed by atoms with E-state index in [-0.39, 0.29) is 30.2 Å². The SMILES string of the molecule is C=NCCNCc1c(OC(C)CC)nc(-c2cc(N)c(F)c(C)c2C(F)(F)F)c(F)c1NCc1ccn(C)n1. The minimum absolute atomic E-state index is 0.0575. The van der Waals surface area contributed by atoms with Gasteiger partial charge in [0, 0.05) is 31.9 Å².